The molecule has 0 unspecified atom stereocenters. The van der Waals surface area contributed by atoms with Crippen molar-refractivity contribution in [3.8, 4) is 0 Å². The van der Waals surface area contributed by atoms with Gasteiger partial charge in [0, 0.05) is 5.56 Å². The predicted octanol–water partition coefficient (Wildman–Crippen LogP) is 2.53. The predicted molar refractivity (Wildman–Crippen MR) is 89.4 cm³/mol. The second-order valence-corrected chi connectivity index (χ2v) is 5.80. The van der Waals surface area contributed by atoms with E-state index in [1.54, 1.807) is 24.3 Å². The lowest BCUT2D eigenvalue weighted by Crippen LogP contribution is -2.27. The molecule has 2 rings (SSSR count). The van der Waals surface area contributed by atoms with Crippen molar-refractivity contribution in [1.29, 1.82) is 0 Å². The van der Waals surface area contributed by atoms with Gasteiger partial charge < -0.3 is 4.74 Å². The van der Waals surface area contributed by atoms with Crippen molar-refractivity contribution in [1.82, 2.24) is 9.78 Å². The molecule has 1 aromatic carbocycles. The lowest BCUT2D eigenvalue weighted by Gasteiger charge is -2.13. The maximum atomic E-state index is 12.3. The second-order valence-electron chi connectivity index (χ2n) is 5.80. The molecule has 0 radical (unpaired) electrons. The number of aryl methyl sites for hydroxylation is 2. The van der Waals surface area contributed by atoms with Gasteiger partial charge in [0.25, 0.3) is 0 Å². The molecule has 1 atom stereocenters. The van der Waals surface area contributed by atoms with Gasteiger partial charge in [-0.1, -0.05) is 29.8 Å². The standard InChI is InChI=1S/C17H19N3O5/c1-10-5-7-14(8-6-10)17(22)13(4)25-15(21)9-19-12(3)16(20(23)24)11(2)18-19/h5-8,13H,9H2,1-4H3/t13-/m0/s1. The molecular formula is C17H19N3O5. The Morgan fingerprint density at radius 2 is 1.84 bits per heavy atom. The minimum absolute atomic E-state index is 0.128. The third kappa shape index (κ3) is 4.09. The number of carbonyl (C=O) groups excluding carboxylic acids is 2. The lowest BCUT2D eigenvalue weighted by atomic mass is 10.1. The number of aromatic nitrogens is 2. The fourth-order valence-electron chi connectivity index (χ4n) is 2.47. The smallest absolute Gasteiger partial charge is 0.328 e. The van der Waals surface area contributed by atoms with Crippen molar-refractivity contribution in [3.63, 3.8) is 0 Å². The first-order chi connectivity index (χ1) is 11.7. The van der Waals surface area contributed by atoms with Gasteiger partial charge in [-0.15, -0.1) is 0 Å². The topological polar surface area (TPSA) is 104 Å². The lowest BCUT2D eigenvalue weighted by molar-refractivity contribution is -0.386. The maximum Gasteiger partial charge on any atom is 0.328 e. The summed E-state index contributed by atoms with van der Waals surface area (Å²) in [4.78, 5) is 34.8. The first-order valence-corrected chi connectivity index (χ1v) is 7.69. The monoisotopic (exact) mass is 345 g/mol. The number of ketones is 1. The summed E-state index contributed by atoms with van der Waals surface area (Å²) in [5.74, 6) is -0.999. The van der Waals surface area contributed by atoms with Gasteiger partial charge in [-0.2, -0.15) is 5.10 Å². The van der Waals surface area contributed by atoms with Gasteiger partial charge in [-0.3, -0.25) is 24.4 Å². The second kappa shape index (κ2) is 7.25. The number of nitro groups is 1. The van der Waals surface area contributed by atoms with E-state index in [4.69, 9.17) is 4.74 Å². The van der Waals surface area contributed by atoms with Crippen LogP contribution >= 0.6 is 0 Å². The number of esters is 1. The number of carbonyl (C=O) groups is 2. The molecule has 8 heteroatoms. The quantitative estimate of drug-likeness (QED) is 0.345. The molecule has 0 spiro atoms. The van der Waals surface area contributed by atoms with Crippen molar-refractivity contribution in [2.45, 2.75) is 40.3 Å². The fourth-order valence-corrected chi connectivity index (χ4v) is 2.47. The highest BCUT2D eigenvalue weighted by atomic mass is 16.6. The molecule has 2 aromatic rings. The van der Waals surface area contributed by atoms with Gasteiger partial charge in [0.15, 0.2) is 6.10 Å². The van der Waals surface area contributed by atoms with Crippen LogP contribution in [0.15, 0.2) is 24.3 Å². The molecule has 0 saturated carbocycles. The third-order valence-corrected chi connectivity index (χ3v) is 3.82. The molecule has 1 heterocycles. The molecule has 0 aliphatic rings. The molecule has 0 bridgehead atoms. The van der Waals surface area contributed by atoms with Crippen molar-refractivity contribution in [2.24, 2.45) is 0 Å². The van der Waals surface area contributed by atoms with E-state index in [0.717, 1.165) is 5.56 Å². The Hall–Kier alpha value is -3.03. The Labute approximate surface area is 144 Å². The molecule has 0 aliphatic carbocycles. The average molecular weight is 345 g/mol. The SMILES string of the molecule is Cc1ccc(C(=O)[C@H](C)OC(=O)Cn2nc(C)c([N+](=O)[O-])c2C)cc1. The Morgan fingerprint density at radius 1 is 1.24 bits per heavy atom. The number of Topliss-reactive ketones (excluding diaryl/α,β-unsaturated/α-hetero) is 1. The van der Waals surface area contributed by atoms with Gasteiger partial charge in [0.1, 0.15) is 17.9 Å². The van der Waals surface area contributed by atoms with Crippen LogP contribution in [-0.2, 0) is 16.1 Å². The van der Waals surface area contributed by atoms with Crippen molar-refractivity contribution in [2.75, 3.05) is 0 Å². The molecule has 0 saturated heterocycles. The zero-order valence-corrected chi connectivity index (χ0v) is 14.5. The highest BCUT2D eigenvalue weighted by Crippen LogP contribution is 2.21. The number of ether oxygens (including phenoxy) is 1. The van der Waals surface area contributed by atoms with E-state index >= 15 is 0 Å². The zero-order valence-electron chi connectivity index (χ0n) is 14.5. The van der Waals surface area contributed by atoms with Crippen LogP contribution in [-0.4, -0.2) is 32.6 Å². The largest absolute Gasteiger partial charge is 0.453 e. The molecular weight excluding hydrogens is 326 g/mol. The fraction of sp³-hybridized carbons (Fsp3) is 0.353. The first kappa shape index (κ1) is 18.3. The number of nitrogens with zero attached hydrogens (tertiary/aromatic N) is 3. The summed E-state index contributed by atoms with van der Waals surface area (Å²) in [6.07, 6.45) is -0.956. The Balaban J connectivity index is 2.05. The Morgan fingerprint density at radius 3 is 2.36 bits per heavy atom. The average Bonchev–Trinajstić information content (AvgIpc) is 2.81. The van der Waals surface area contributed by atoms with Gasteiger partial charge >= 0.3 is 11.7 Å². The van der Waals surface area contributed by atoms with Gasteiger partial charge in [-0.25, -0.2) is 0 Å². The van der Waals surface area contributed by atoms with Gasteiger partial charge in [-0.05, 0) is 27.7 Å². The van der Waals surface area contributed by atoms with Gasteiger partial charge in [0.2, 0.25) is 5.78 Å². The van der Waals surface area contributed by atoms with Crippen LogP contribution in [0.4, 0.5) is 5.69 Å². The molecule has 8 nitrogen and oxygen atoms in total. The maximum absolute atomic E-state index is 12.3. The molecule has 132 valence electrons. The summed E-state index contributed by atoms with van der Waals surface area (Å²) in [6.45, 7) is 6.10. The molecule has 0 aliphatic heterocycles. The summed E-state index contributed by atoms with van der Waals surface area (Å²) < 4.78 is 6.35. The van der Waals surface area contributed by atoms with Crippen molar-refractivity contribution >= 4 is 17.4 Å². The van der Waals surface area contributed by atoms with Crippen LogP contribution in [0.25, 0.3) is 0 Å². The van der Waals surface area contributed by atoms with Crippen molar-refractivity contribution < 1.29 is 19.2 Å². The van der Waals surface area contributed by atoms with E-state index in [-0.39, 0.29) is 29.4 Å². The minimum Gasteiger partial charge on any atom is -0.453 e. The van der Waals surface area contributed by atoms with E-state index in [1.807, 2.05) is 6.92 Å². The van der Waals surface area contributed by atoms with Crippen LogP contribution in [0.5, 0.6) is 0 Å². The van der Waals surface area contributed by atoms with E-state index in [9.17, 15) is 19.7 Å². The Bertz CT molecular complexity index is 824. The van der Waals surface area contributed by atoms with Crippen LogP contribution in [0.2, 0.25) is 0 Å². The molecule has 0 N–H and O–H groups in total. The number of benzene rings is 1. The van der Waals surface area contributed by atoms with E-state index in [0.29, 0.717) is 5.56 Å². The number of hydrogen-bond acceptors (Lipinski definition) is 6. The van der Waals surface area contributed by atoms with Crippen molar-refractivity contribution in [3.05, 3.63) is 56.9 Å². The highest BCUT2D eigenvalue weighted by Gasteiger charge is 2.25. The van der Waals surface area contributed by atoms with Crippen LogP contribution in [0, 0.1) is 30.9 Å². The van der Waals surface area contributed by atoms with E-state index in [1.165, 1.54) is 25.5 Å². The van der Waals surface area contributed by atoms with E-state index < -0.39 is 17.0 Å². The van der Waals surface area contributed by atoms with Crippen LogP contribution in [0.1, 0.15) is 34.2 Å². The number of rotatable bonds is 6. The number of hydrogen-bond donors (Lipinski definition) is 0. The molecule has 1 aromatic heterocycles. The van der Waals surface area contributed by atoms with Crippen LogP contribution < -0.4 is 0 Å². The van der Waals surface area contributed by atoms with Gasteiger partial charge in [0.05, 0.1) is 4.92 Å². The normalized spacial score (nSPS) is 11.8. The summed E-state index contributed by atoms with van der Waals surface area (Å²) in [6, 6.07) is 6.95. The highest BCUT2D eigenvalue weighted by molar-refractivity contribution is 6.00. The summed E-state index contributed by atoms with van der Waals surface area (Å²) >= 11 is 0. The zero-order chi connectivity index (χ0) is 18.7. The van der Waals surface area contributed by atoms with E-state index in [2.05, 4.69) is 5.10 Å². The molecule has 25 heavy (non-hydrogen) atoms. The first-order valence-electron chi connectivity index (χ1n) is 7.69. The molecule has 0 fully saturated rings. The Kier molecular flexibility index (Phi) is 5.31. The minimum atomic E-state index is -0.956. The summed E-state index contributed by atoms with van der Waals surface area (Å²) in [5, 5.41) is 15.0. The third-order valence-electron chi connectivity index (χ3n) is 3.82. The summed E-state index contributed by atoms with van der Waals surface area (Å²) in [7, 11) is 0. The molecule has 0 amide bonds. The summed E-state index contributed by atoms with van der Waals surface area (Å²) in [5.41, 5.74) is 1.83. The van der Waals surface area contributed by atoms with Crippen LogP contribution in [0.3, 0.4) is 0 Å².